The Morgan fingerprint density at radius 1 is 0.111 bits per heavy atom. The molecule has 0 spiro atoms. The zero-order chi connectivity index (χ0) is 57.4. The van der Waals surface area contributed by atoms with Crippen LogP contribution in [-0.4, -0.2) is 157 Å². The monoisotopic (exact) mass is 1020 g/mol. The van der Waals surface area contributed by atoms with Crippen LogP contribution in [-0.2, 0) is 0 Å². The van der Waals surface area contributed by atoms with Crippen LogP contribution in [0.15, 0.2) is 0 Å². The van der Waals surface area contributed by atoms with E-state index in [1.165, 1.54) is 0 Å². The topological polar surface area (TPSA) is 53.3 Å². The van der Waals surface area contributed by atoms with Crippen LogP contribution in [0.5, 0.6) is 0 Å². The van der Waals surface area contributed by atoms with Gasteiger partial charge in [-0.2, -0.15) is 0 Å². The molecule has 0 aromatic carbocycles. The van der Waals surface area contributed by atoms with E-state index in [1.807, 2.05) is 56.7 Å². The van der Waals surface area contributed by atoms with Gasteiger partial charge in [-0.05, 0) is 249 Å². The summed E-state index contributed by atoms with van der Waals surface area (Å²) in [6, 6.07) is 0. The Morgan fingerprint density at radius 3 is 0.181 bits per heavy atom. The molecule has 0 atom stereocenters. The smallest absolute Gasteiger partial charge is 0.310 e. The highest BCUT2D eigenvalue weighted by molar-refractivity contribution is 6.44. The second-order valence-corrected chi connectivity index (χ2v) is 42.0. The first kappa shape index (κ1) is 70.3. The summed E-state index contributed by atoms with van der Waals surface area (Å²) in [6.07, 6.45) is 0. The fourth-order valence-electron chi connectivity index (χ4n) is 17.2. The molecule has 0 unspecified atom stereocenters. The van der Waals surface area contributed by atoms with Gasteiger partial charge >= 0.3 is 90.6 Å². The molecule has 4 rings (SSSR count). The first-order valence-electron chi connectivity index (χ1n) is 33.0. The molecule has 0 aromatic heterocycles. The third kappa shape index (κ3) is 23.3. The summed E-state index contributed by atoms with van der Waals surface area (Å²) in [5, 5.41) is 0. The van der Waals surface area contributed by atoms with Crippen molar-refractivity contribution in [2.75, 3.05) is 0 Å². The molecule has 12 N–H and O–H groups in total. The van der Waals surface area contributed by atoms with Crippen molar-refractivity contribution in [2.24, 2.45) is 0 Å². The summed E-state index contributed by atoms with van der Waals surface area (Å²) >= 11 is 0. The van der Waals surface area contributed by atoms with Crippen molar-refractivity contribution >= 4 is 90.6 Å². The van der Waals surface area contributed by atoms with Crippen LogP contribution in [0.1, 0.15) is 249 Å². The fraction of sp³-hybridized carbons (Fsp3) is 1.00. The second-order valence-electron chi connectivity index (χ2n) is 42.0. The standard InChI is InChI=1S/4C12H36B3N3/c4*1-10(2,3)16-13-17(11(4,5)6)15-18(14-16)12(7,8)9/h4*16-18H,13-15H2,1-9H3. The van der Waals surface area contributed by atoms with Crippen molar-refractivity contribution in [1.29, 1.82) is 0 Å². The van der Waals surface area contributed by atoms with Gasteiger partial charge in [0.1, 0.15) is 0 Å². The minimum absolute atomic E-state index is 0.101. The van der Waals surface area contributed by atoms with E-state index < -0.39 is 0 Å². The number of nitrogens with one attached hydrogen (secondary N) is 12. The van der Waals surface area contributed by atoms with Crippen molar-refractivity contribution in [3.05, 3.63) is 0 Å². The second kappa shape index (κ2) is 24.3. The molecule has 4 aliphatic rings. The summed E-state index contributed by atoms with van der Waals surface area (Å²) < 4.78 is 24.1. The summed E-state index contributed by atoms with van der Waals surface area (Å²) in [6.45, 7) is 88.0. The SMILES string of the molecule is CC(C)(C)[NH+]1[BH2-][NH+](C(C)(C)C)[BH2-][NH+](C(C)(C)C)[BH2-]1.CC(C)(C)[NH+]1[BH2-][NH+](C(C)(C)C)[BH2-][NH+](C(C)(C)C)[BH2-]1.CC(C)(C)[NH+]1[BH2-][NH+](C(C)(C)C)[BH2-][NH+](C(C)(C)C)[BH2-]1.CC(C)(C)[NH+]1[BH2-][NH+](C(C)(C)C)[BH2-][NH+](C(C)(C)C)[BH2-]1. The van der Waals surface area contributed by atoms with Crippen LogP contribution in [0.2, 0.25) is 0 Å². The lowest BCUT2D eigenvalue weighted by molar-refractivity contribution is -0.951. The van der Waals surface area contributed by atoms with Crippen LogP contribution < -0.4 is 56.7 Å². The molecule has 0 radical (unpaired) electrons. The minimum Gasteiger partial charge on any atom is -0.632 e. The van der Waals surface area contributed by atoms with Gasteiger partial charge in [-0.1, -0.05) is 0 Å². The lowest BCUT2D eigenvalue weighted by atomic mass is 9.65. The summed E-state index contributed by atoms with van der Waals surface area (Å²) in [5.41, 5.74) is 5.66. The normalized spacial score (nSPS) is 31.5. The Hall–Kier alpha value is 0.299. The van der Waals surface area contributed by atoms with Gasteiger partial charge in [-0.25, -0.2) is 0 Å². The maximum absolute atomic E-state index is 2.45. The Kier molecular flexibility index (Phi) is 23.8. The molecule has 4 heterocycles. The Balaban J connectivity index is 0.000000480. The molecule has 4 fully saturated rings. The molecular weight excluding hydrogens is 874 g/mol. The van der Waals surface area contributed by atoms with E-state index in [9.17, 15) is 0 Å². The first-order chi connectivity index (χ1) is 31.3. The summed E-state index contributed by atoms with van der Waals surface area (Å²) in [7, 11) is 1.21. The molecule has 4 aliphatic heterocycles. The van der Waals surface area contributed by atoms with E-state index in [1.54, 1.807) is 0 Å². The maximum atomic E-state index is 2.45. The summed E-state index contributed by atoms with van der Waals surface area (Å²) in [4.78, 5) is 0. The minimum atomic E-state index is 0.101. The van der Waals surface area contributed by atoms with Crippen LogP contribution in [0.3, 0.4) is 0 Å². The van der Waals surface area contributed by atoms with E-state index in [2.05, 4.69) is 249 Å². The molecule has 0 saturated carbocycles. The third-order valence-electron chi connectivity index (χ3n) is 27.0. The highest BCUT2D eigenvalue weighted by Gasteiger charge is 2.38. The lowest BCUT2D eigenvalue weighted by Gasteiger charge is -2.64. The molecular formula is C48H144B12N12. The van der Waals surface area contributed by atoms with Gasteiger partial charge in [0.25, 0.3) is 0 Å². The lowest BCUT2D eigenvalue weighted by Crippen LogP contribution is -3.58. The molecule has 432 valence electrons. The third-order valence-corrected chi connectivity index (χ3v) is 27.0. The molecule has 24 heteroatoms. The van der Waals surface area contributed by atoms with E-state index in [4.69, 9.17) is 0 Å². The van der Waals surface area contributed by atoms with Gasteiger partial charge in [0.15, 0.2) is 0 Å². The largest absolute Gasteiger partial charge is 0.632 e. The predicted molar refractivity (Wildman–Crippen MR) is 351 cm³/mol. The molecule has 4 saturated heterocycles. The molecule has 12 nitrogen and oxygen atoms in total. The average Bonchev–Trinajstić information content (AvgIpc) is 3.14. The number of hydrogen-bond donors (Lipinski definition) is 12. The Morgan fingerprint density at radius 2 is 0.153 bits per heavy atom. The number of hydrogen-bond acceptors (Lipinski definition) is 0. The van der Waals surface area contributed by atoms with Gasteiger partial charge in [0.05, 0.1) is 0 Å². The quantitative estimate of drug-likeness (QED) is 0.107. The predicted octanol–water partition coefficient (Wildman–Crippen LogP) is -15.8. The summed E-state index contributed by atoms with van der Waals surface area (Å²) in [5.74, 6) is 0. The van der Waals surface area contributed by atoms with Crippen molar-refractivity contribution < 1.29 is 56.7 Å². The molecule has 0 bridgehead atoms. The van der Waals surface area contributed by atoms with Crippen molar-refractivity contribution in [3.63, 3.8) is 0 Å². The van der Waals surface area contributed by atoms with Crippen LogP contribution in [0, 0.1) is 0 Å². The maximum Gasteiger partial charge on any atom is 0.310 e. The average molecular weight is 1020 g/mol. The zero-order valence-electron chi connectivity index (χ0n) is 60.0. The Bertz CT molecular complexity index is 1180. The van der Waals surface area contributed by atoms with Gasteiger partial charge < -0.3 is 56.7 Å². The zero-order valence-corrected chi connectivity index (χ0v) is 60.0. The van der Waals surface area contributed by atoms with Crippen LogP contribution >= 0.6 is 0 Å². The van der Waals surface area contributed by atoms with Crippen molar-refractivity contribution in [2.45, 2.75) is 316 Å². The van der Waals surface area contributed by atoms with Gasteiger partial charge in [0.2, 0.25) is 0 Å². The van der Waals surface area contributed by atoms with Crippen LogP contribution in [0.25, 0.3) is 0 Å². The van der Waals surface area contributed by atoms with E-state index in [-0.39, 0.29) is 90.6 Å². The Labute approximate surface area is 460 Å². The van der Waals surface area contributed by atoms with Crippen LogP contribution in [0.4, 0.5) is 0 Å². The van der Waals surface area contributed by atoms with E-state index >= 15 is 0 Å². The fourth-order valence-corrected chi connectivity index (χ4v) is 17.2. The molecule has 72 heavy (non-hydrogen) atoms. The van der Waals surface area contributed by atoms with E-state index in [0.717, 1.165) is 0 Å². The van der Waals surface area contributed by atoms with Gasteiger partial charge in [-0.3, -0.25) is 0 Å². The van der Waals surface area contributed by atoms with Crippen molar-refractivity contribution in [3.8, 4) is 0 Å². The molecule has 0 aromatic rings. The van der Waals surface area contributed by atoms with Gasteiger partial charge in [0, 0.05) is 66.5 Å². The number of quaternary nitrogens is 12. The van der Waals surface area contributed by atoms with Crippen molar-refractivity contribution in [1.82, 2.24) is 0 Å². The molecule has 0 amide bonds. The molecule has 0 aliphatic carbocycles. The van der Waals surface area contributed by atoms with E-state index in [0.29, 0.717) is 66.5 Å². The first-order valence-corrected chi connectivity index (χ1v) is 33.0. The highest BCUT2D eigenvalue weighted by atomic mass is 15.4. The van der Waals surface area contributed by atoms with Gasteiger partial charge in [-0.15, -0.1) is 0 Å². The number of rotatable bonds is 0. The highest BCUT2D eigenvalue weighted by Crippen LogP contribution is 2.00.